The molecule has 2 rings (SSSR count). The summed E-state index contributed by atoms with van der Waals surface area (Å²) in [5.74, 6) is 1.58. The summed E-state index contributed by atoms with van der Waals surface area (Å²) in [7, 11) is 0. The zero-order valence-corrected chi connectivity index (χ0v) is 10.4. The SMILES string of the molecule is CC1CCC1N1CC(N)CC(CCCO)C1. The molecule has 1 saturated carbocycles. The van der Waals surface area contributed by atoms with Crippen molar-refractivity contribution in [2.75, 3.05) is 19.7 Å². The Hall–Kier alpha value is -0.120. The second-order valence-electron chi connectivity index (χ2n) is 5.80. The van der Waals surface area contributed by atoms with Crippen molar-refractivity contribution in [1.82, 2.24) is 4.90 Å². The number of likely N-dealkylation sites (tertiary alicyclic amines) is 1. The van der Waals surface area contributed by atoms with Gasteiger partial charge in [0.2, 0.25) is 0 Å². The summed E-state index contributed by atoms with van der Waals surface area (Å²) in [4.78, 5) is 2.62. The molecular weight excluding hydrogens is 200 g/mol. The van der Waals surface area contributed by atoms with E-state index in [1.165, 1.54) is 19.4 Å². The number of aliphatic hydroxyl groups excluding tert-OH is 1. The van der Waals surface area contributed by atoms with Crippen molar-refractivity contribution in [3.05, 3.63) is 0 Å². The van der Waals surface area contributed by atoms with Gasteiger partial charge >= 0.3 is 0 Å². The highest BCUT2D eigenvalue weighted by molar-refractivity contribution is 4.91. The van der Waals surface area contributed by atoms with Crippen molar-refractivity contribution < 1.29 is 5.11 Å². The topological polar surface area (TPSA) is 49.5 Å². The maximum Gasteiger partial charge on any atom is 0.0431 e. The average Bonchev–Trinajstić information content (AvgIpc) is 2.23. The molecule has 1 saturated heterocycles. The van der Waals surface area contributed by atoms with Crippen molar-refractivity contribution in [3.8, 4) is 0 Å². The van der Waals surface area contributed by atoms with Gasteiger partial charge in [0, 0.05) is 31.8 Å². The quantitative estimate of drug-likeness (QED) is 0.757. The lowest BCUT2D eigenvalue weighted by Gasteiger charge is -2.48. The third kappa shape index (κ3) is 2.76. The number of aliphatic hydroxyl groups is 1. The second-order valence-corrected chi connectivity index (χ2v) is 5.80. The molecule has 1 aliphatic heterocycles. The van der Waals surface area contributed by atoms with E-state index in [2.05, 4.69) is 11.8 Å². The molecule has 0 spiro atoms. The Morgan fingerprint density at radius 3 is 2.69 bits per heavy atom. The van der Waals surface area contributed by atoms with E-state index in [1.807, 2.05) is 0 Å². The highest BCUT2D eigenvalue weighted by Gasteiger charge is 2.36. The van der Waals surface area contributed by atoms with E-state index < -0.39 is 0 Å². The van der Waals surface area contributed by atoms with E-state index in [1.54, 1.807) is 0 Å². The Balaban J connectivity index is 1.84. The molecule has 2 aliphatic rings. The van der Waals surface area contributed by atoms with Crippen molar-refractivity contribution >= 4 is 0 Å². The molecule has 1 aliphatic carbocycles. The molecule has 0 bridgehead atoms. The van der Waals surface area contributed by atoms with E-state index in [9.17, 15) is 0 Å². The molecule has 3 heteroatoms. The monoisotopic (exact) mass is 226 g/mol. The minimum atomic E-state index is 0.325. The first kappa shape index (κ1) is 12.3. The Morgan fingerprint density at radius 2 is 2.12 bits per heavy atom. The van der Waals surface area contributed by atoms with E-state index in [4.69, 9.17) is 10.8 Å². The molecule has 0 aromatic carbocycles. The number of hydrogen-bond donors (Lipinski definition) is 2. The van der Waals surface area contributed by atoms with Crippen LogP contribution in [0.25, 0.3) is 0 Å². The Kier molecular flexibility index (Phi) is 4.22. The first-order valence-corrected chi connectivity index (χ1v) is 6.81. The first-order valence-electron chi connectivity index (χ1n) is 6.81. The largest absolute Gasteiger partial charge is 0.396 e. The van der Waals surface area contributed by atoms with Crippen LogP contribution in [0.5, 0.6) is 0 Å². The molecular formula is C13H26N2O. The predicted molar refractivity (Wildman–Crippen MR) is 66.2 cm³/mol. The lowest BCUT2D eigenvalue weighted by Crippen LogP contribution is -2.55. The van der Waals surface area contributed by atoms with Crippen LogP contribution in [0.1, 0.15) is 39.0 Å². The van der Waals surface area contributed by atoms with Gasteiger partial charge in [0.25, 0.3) is 0 Å². The van der Waals surface area contributed by atoms with Gasteiger partial charge in [-0.1, -0.05) is 6.92 Å². The van der Waals surface area contributed by atoms with E-state index in [0.29, 0.717) is 18.6 Å². The van der Waals surface area contributed by atoms with Crippen LogP contribution < -0.4 is 5.73 Å². The highest BCUT2D eigenvalue weighted by atomic mass is 16.2. The summed E-state index contributed by atoms with van der Waals surface area (Å²) in [5, 5.41) is 8.89. The van der Waals surface area contributed by atoms with Gasteiger partial charge in [-0.3, -0.25) is 4.90 Å². The van der Waals surface area contributed by atoms with Crippen molar-refractivity contribution in [2.45, 2.75) is 51.1 Å². The van der Waals surface area contributed by atoms with Crippen LogP contribution in [0.3, 0.4) is 0 Å². The molecule has 4 unspecified atom stereocenters. The Labute approximate surface area is 99.0 Å². The minimum Gasteiger partial charge on any atom is -0.396 e. The summed E-state index contributed by atoms with van der Waals surface area (Å²) in [6.45, 7) is 4.98. The lowest BCUT2D eigenvalue weighted by atomic mass is 9.78. The van der Waals surface area contributed by atoms with Gasteiger partial charge < -0.3 is 10.8 Å². The number of nitrogens with two attached hydrogens (primary N) is 1. The zero-order chi connectivity index (χ0) is 11.5. The zero-order valence-electron chi connectivity index (χ0n) is 10.4. The van der Waals surface area contributed by atoms with Crippen LogP contribution in [-0.2, 0) is 0 Å². The van der Waals surface area contributed by atoms with Gasteiger partial charge in [-0.05, 0) is 43.9 Å². The van der Waals surface area contributed by atoms with Crippen LogP contribution in [0, 0.1) is 11.8 Å². The maximum atomic E-state index is 8.89. The number of nitrogens with zero attached hydrogens (tertiary/aromatic N) is 1. The summed E-state index contributed by atoms with van der Waals surface area (Å²) in [6, 6.07) is 1.15. The molecule has 1 heterocycles. The number of hydrogen-bond acceptors (Lipinski definition) is 3. The summed E-state index contributed by atoms with van der Waals surface area (Å²) < 4.78 is 0. The molecule has 94 valence electrons. The smallest absolute Gasteiger partial charge is 0.0431 e. The van der Waals surface area contributed by atoms with Crippen LogP contribution in [0.4, 0.5) is 0 Å². The van der Waals surface area contributed by atoms with Gasteiger partial charge in [-0.15, -0.1) is 0 Å². The number of piperidine rings is 1. The summed E-state index contributed by atoms with van der Waals surface area (Å²) >= 11 is 0. The van der Waals surface area contributed by atoms with Crippen molar-refractivity contribution in [1.29, 1.82) is 0 Å². The molecule has 0 aromatic heterocycles. The van der Waals surface area contributed by atoms with Crippen molar-refractivity contribution in [3.63, 3.8) is 0 Å². The van der Waals surface area contributed by atoms with Crippen molar-refractivity contribution in [2.24, 2.45) is 17.6 Å². The van der Waals surface area contributed by atoms with E-state index in [-0.39, 0.29) is 0 Å². The minimum absolute atomic E-state index is 0.325. The second kappa shape index (κ2) is 5.48. The molecule has 3 N–H and O–H groups in total. The molecule has 2 fully saturated rings. The fourth-order valence-corrected chi connectivity index (χ4v) is 3.34. The normalized spacial score (nSPS) is 40.7. The van der Waals surface area contributed by atoms with E-state index in [0.717, 1.165) is 37.8 Å². The van der Waals surface area contributed by atoms with Gasteiger partial charge in [-0.2, -0.15) is 0 Å². The van der Waals surface area contributed by atoms with Gasteiger partial charge in [-0.25, -0.2) is 0 Å². The average molecular weight is 226 g/mol. The molecule has 0 radical (unpaired) electrons. The standard InChI is InChI=1S/C13H26N2O/c1-10-4-5-13(10)15-8-11(3-2-6-16)7-12(14)9-15/h10-13,16H,2-9,14H2,1H3. The fraction of sp³-hybridized carbons (Fsp3) is 1.00. The molecule has 4 atom stereocenters. The van der Waals surface area contributed by atoms with Crippen LogP contribution in [0.2, 0.25) is 0 Å². The van der Waals surface area contributed by atoms with Gasteiger partial charge in [0.05, 0.1) is 0 Å². The fourth-order valence-electron chi connectivity index (χ4n) is 3.34. The molecule has 0 aromatic rings. The summed E-state index contributed by atoms with van der Waals surface area (Å²) in [5.41, 5.74) is 6.15. The summed E-state index contributed by atoms with van der Waals surface area (Å²) in [6.07, 6.45) is 5.98. The third-order valence-electron chi connectivity index (χ3n) is 4.41. The molecule has 3 nitrogen and oxygen atoms in total. The molecule has 0 amide bonds. The Morgan fingerprint density at radius 1 is 1.31 bits per heavy atom. The van der Waals surface area contributed by atoms with Gasteiger partial charge in [0.15, 0.2) is 0 Å². The van der Waals surface area contributed by atoms with E-state index >= 15 is 0 Å². The first-order chi connectivity index (χ1) is 7.70. The highest BCUT2D eigenvalue weighted by Crippen LogP contribution is 2.34. The van der Waals surface area contributed by atoms with Crippen LogP contribution >= 0.6 is 0 Å². The predicted octanol–water partition coefficient (Wildman–Crippen LogP) is 1.21. The number of rotatable bonds is 4. The maximum absolute atomic E-state index is 8.89. The van der Waals surface area contributed by atoms with Gasteiger partial charge in [0.1, 0.15) is 0 Å². The third-order valence-corrected chi connectivity index (χ3v) is 4.41. The Bertz CT molecular complexity index is 222. The molecule has 16 heavy (non-hydrogen) atoms. The van der Waals surface area contributed by atoms with Crippen LogP contribution in [0.15, 0.2) is 0 Å². The lowest BCUT2D eigenvalue weighted by molar-refractivity contribution is 0.0258. The van der Waals surface area contributed by atoms with Crippen LogP contribution in [-0.4, -0.2) is 41.8 Å².